The molecule has 1 amide bonds. The van der Waals surface area contributed by atoms with Crippen LogP contribution in [0.4, 0.5) is 11.4 Å². The number of carbonyl (C=O) groups is 3. The summed E-state index contributed by atoms with van der Waals surface area (Å²) in [6.07, 6.45) is 0. The van der Waals surface area contributed by atoms with E-state index >= 15 is 0 Å². The standard InChI is InChI=1S/C25H24ClN3O6/c1-14(2)28-15(3)11-20(16(28)4)23(30)13-35-25(32)19-7-5-6-8-22(19)27-24(31)18-10-9-17(29(33)34)12-21(18)26/h5-12,14H,13H2,1-4H3,(H,27,31). The first-order valence-electron chi connectivity index (χ1n) is 10.7. The fourth-order valence-electron chi connectivity index (χ4n) is 3.90. The quantitative estimate of drug-likeness (QED) is 0.189. The van der Waals surface area contributed by atoms with E-state index in [0.717, 1.165) is 23.5 Å². The van der Waals surface area contributed by atoms with Gasteiger partial charge in [0.15, 0.2) is 6.61 Å². The average molecular weight is 498 g/mol. The number of ketones is 1. The summed E-state index contributed by atoms with van der Waals surface area (Å²) in [7, 11) is 0. The number of anilines is 1. The summed E-state index contributed by atoms with van der Waals surface area (Å²) in [5.74, 6) is -1.79. The number of para-hydroxylation sites is 1. The van der Waals surface area contributed by atoms with Crippen LogP contribution in [0.2, 0.25) is 5.02 Å². The van der Waals surface area contributed by atoms with Gasteiger partial charge in [0.1, 0.15) is 0 Å². The van der Waals surface area contributed by atoms with Gasteiger partial charge in [-0.25, -0.2) is 4.79 Å². The Morgan fingerprint density at radius 3 is 2.34 bits per heavy atom. The Labute approximate surface area is 206 Å². The van der Waals surface area contributed by atoms with E-state index in [4.69, 9.17) is 16.3 Å². The van der Waals surface area contributed by atoms with Gasteiger partial charge >= 0.3 is 5.97 Å². The number of hydrogen-bond donors (Lipinski definition) is 1. The van der Waals surface area contributed by atoms with Gasteiger partial charge in [-0.05, 0) is 52.0 Å². The van der Waals surface area contributed by atoms with Gasteiger partial charge in [0, 0.05) is 35.1 Å². The highest BCUT2D eigenvalue weighted by molar-refractivity contribution is 6.34. The van der Waals surface area contributed by atoms with Crippen LogP contribution in [0.3, 0.4) is 0 Å². The van der Waals surface area contributed by atoms with Crippen LogP contribution < -0.4 is 5.32 Å². The lowest BCUT2D eigenvalue weighted by Crippen LogP contribution is -2.18. The van der Waals surface area contributed by atoms with Crippen LogP contribution in [-0.4, -0.2) is 33.8 Å². The molecule has 1 aromatic heterocycles. The van der Waals surface area contributed by atoms with Crippen molar-refractivity contribution in [2.24, 2.45) is 0 Å². The number of aromatic nitrogens is 1. The molecule has 3 rings (SSSR count). The average Bonchev–Trinajstić information content (AvgIpc) is 3.11. The first kappa shape index (κ1) is 25.6. The van der Waals surface area contributed by atoms with Gasteiger partial charge < -0.3 is 14.6 Å². The number of aryl methyl sites for hydroxylation is 1. The summed E-state index contributed by atoms with van der Waals surface area (Å²) in [4.78, 5) is 48.4. The molecule has 2 aromatic carbocycles. The SMILES string of the molecule is Cc1cc(C(=O)COC(=O)c2ccccc2NC(=O)c2ccc([N+](=O)[O-])cc2Cl)c(C)n1C(C)C. The normalized spacial score (nSPS) is 10.8. The van der Waals surface area contributed by atoms with Crippen molar-refractivity contribution in [1.29, 1.82) is 0 Å². The zero-order chi connectivity index (χ0) is 25.9. The lowest BCUT2D eigenvalue weighted by Gasteiger charge is -2.14. The number of hydrogen-bond acceptors (Lipinski definition) is 6. The monoisotopic (exact) mass is 497 g/mol. The second kappa shape index (κ2) is 10.5. The highest BCUT2D eigenvalue weighted by Crippen LogP contribution is 2.25. The highest BCUT2D eigenvalue weighted by Gasteiger charge is 2.21. The largest absolute Gasteiger partial charge is 0.454 e. The number of esters is 1. The lowest BCUT2D eigenvalue weighted by atomic mass is 10.1. The van der Waals surface area contributed by atoms with E-state index in [1.54, 1.807) is 18.2 Å². The van der Waals surface area contributed by atoms with Gasteiger partial charge in [-0.2, -0.15) is 0 Å². The molecule has 0 spiro atoms. The minimum atomic E-state index is -0.790. The Morgan fingerprint density at radius 1 is 1.06 bits per heavy atom. The number of nitrogens with one attached hydrogen (secondary N) is 1. The number of amides is 1. The number of nitrogens with zero attached hydrogens (tertiary/aromatic N) is 2. The molecule has 10 heteroatoms. The molecule has 3 aromatic rings. The van der Waals surface area contributed by atoms with E-state index in [0.29, 0.717) is 5.56 Å². The van der Waals surface area contributed by atoms with Crippen LogP contribution in [0.5, 0.6) is 0 Å². The molecule has 0 radical (unpaired) electrons. The number of nitro benzene ring substituents is 1. The van der Waals surface area contributed by atoms with Crippen molar-refractivity contribution < 1.29 is 24.0 Å². The lowest BCUT2D eigenvalue weighted by molar-refractivity contribution is -0.384. The van der Waals surface area contributed by atoms with Crippen molar-refractivity contribution in [3.05, 3.63) is 91.7 Å². The van der Waals surface area contributed by atoms with Crippen molar-refractivity contribution in [3.8, 4) is 0 Å². The molecular formula is C25H24ClN3O6. The van der Waals surface area contributed by atoms with Gasteiger partial charge in [0.2, 0.25) is 5.78 Å². The summed E-state index contributed by atoms with van der Waals surface area (Å²) in [6, 6.07) is 11.5. The molecule has 9 nitrogen and oxygen atoms in total. The Kier molecular flexibility index (Phi) is 7.71. The van der Waals surface area contributed by atoms with Crippen LogP contribution in [0.15, 0.2) is 48.5 Å². The minimum absolute atomic E-state index is 0.00359. The first-order chi connectivity index (χ1) is 16.5. The molecule has 1 heterocycles. The van der Waals surface area contributed by atoms with Crippen molar-refractivity contribution in [3.63, 3.8) is 0 Å². The van der Waals surface area contributed by atoms with E-state index in [1.807, 2.05) is 32.3 Å². The van der Waals surface area contributed by atoms with E-state index in [2.05, 4.69) is 5.32 Å². The number of carbonyl (C=O) groups excluding carboxylic acids is 3. The summed E-state index contributed by atoms with van der Waals surface area (Å²) in [5.41, 5.74) is 2.14. The second-order valence-electron chi connectivity index (χ2n) is 8.17. The Balaban J connectivity index is 1.74. The third kappa shape index (κ3) is 5.58. The van der Waals surface area contributed by atoms with Gasteiger partial charge in [0.25, 0.3) is 11.6 Å². The van der Waals surface area contributed by atoms with Gasteiger partial charge in [-0.15, -0.1) is 0 Å². The molecule has 35 heavy (non-hydrogen) atoms. The second-order valence-corrected chi connectivity index (χ2v) is 8.58. The molecule has 0 aliphatic rings. The number of nitro groups is 1. The van der Waals surface area contributed by atoms with E-state index in [-0.39, 0.29) is 39.3 Å². The Bertz CT molecular complexity index is 1330. The predicted molar refractivity (Wildman–Crippen MR) is 131 cm³/mol. The third-order valence-electron chi connectivity index (χ3n) is 5.44. The zero-order valence-electron chi connectivity index (χ0n) is 19.6. The van der Waals surface area contributed by atoms with Gasteiger partial charge in [-0.1, -0.05) is 23.7 Å². The summed E-state index contributed by atoms with van der Waals surface area (Å²) in [6.45, 7) is 7.33. The van der Waals surface area contributed by atoms with E-state index in [9.17, 15) is 24.5 Å². The van der Waals surface area contributed by atoms with Crippen LogP contribution in [0.1, 0.15) is 62.4 Å². The third-order valence-corrected chi connectivity index (χ3v) is 5.75. The topological polar surface area (TPSA) is 121 Å². The molecule has 0 atom stereocenters. The smallest absolute Gasteiger partial charge is 0.340 e. The number of non-ortho nitro benzene ring substituents is 1. The van der Waals surface area contributed by atoms with Crippen LogP contribution >= 0.6 is 11.6 Å². The van der Waals surface area contributed by atoms with Crippen molar-refractivity contribution in [2.45, 2.75) is 33.7 Å². The molecule has 182 valence electrons. The van der Waals surface area contributed by atoms with E-state index < -0.39 is 23.4 Å². The molecule has 0 unspecified atom stereocenters. The fraction of sp³-hybridized carbons (Fsp3) is 0.240. The highest BCUT2D eigenvalue weighted by atomic mass is 35.5. The van der Waals surface area contributed by atoms with Gasteiger partial charge in [0.05, 0.1) is 26.8 Å². The van der Waals surface area contributed by atoms with E-state index in [1.165, 1.54) is 18.2 Å². The van der Waals surface area contributed by atoms with Crippen LogP contribution in [0.25, 0.3) is 0 Å². The number of Topliss-reactive ketones (excluding diaryl/α,β-unsaturated/α-hetero) is 1. The molecule has 0 fully saturated rings. The fourth-order valence-corrected chi connectivity index (χ4v) is 4.16. The number of rotatable bonds is 8. The first-order valence-corrected chi connectivity index (χ1v) is 11.1. The van der Waals surface area contributed by atoms with Crippen LogP contribution in [-0.2, 0) is 4.74 Å². The maximum absolute atomic E-state index is 12.7. The summed E-state index contributed by atoms with van der Waals surface area (Å²) < 4.78 is 7.28. The Hall–Kier alpha value is -3.98. The maximum atomic E-state index is 12.7. The van der Waals surface area contributed by atoms with Crippen LogP contribution in [0, 0.1) is 24.0 Å². The minimum Gasteiger partial charge on any atom is -0.454 e. The maximum Gasteiger partial charge on any atom is 0.340 e. The van der Waals surface area contributed by atoms with Gasteiger partial charge in [-0.3, -0.25) is 19.7 Å². The summed E-state index contributed by atoms with van der Waals surface area (Å²) >= 11 is 6.03. The zero-order valence-corrected chi connectivity index (χ0v) is 20.4. The number of ether oxygens (including phenoxy) is 1. The molecule has 0 aliphatic heterocycles. The predicted octanol–water partition coefficient (Wildman–Crippen LogP) is 5.54. The molecule has 0 aliphatic carbocycles. The Morgan fingerprint density at radius 2 is 1.74 bits per heavy atom. The van der Waals surface area contributed by atoms with Crippen molar-refractivity contribution in [2.75, 3.05) is 11.9 Å². The number of halogens is 1. The summed E-state index contributed by atoms with van der Waals surface area (Å²) in [5, 5.41) is 13.3. The molecule has 0 saturated heterocycles. The molecule has 0 bridgehead atoms. The van der Waals surface area contributed by atoms with Crippen molar-refractivity contribution >= 4 is 40.6 Å². The van der Waals surface area contributed by atoms with Crippen molar-refractivity contribution in [1.82, 2.24) is 4.57 Å². The number of benzene rings is 2. The molecule has 0 saturated carbocycles. The molecule has 1 N–H and O–H groups in total. The molecular weight excluding hydrogens is 474 g/mol.